The Kier molecular flexibility index (Phi) is 5.70. The highest BCUT2D eigenvalue weighted by Gasteiger charge is 2.28. The van der Waals surface area contributed by atoms with Gasteiger partial charge in [-0.05, 0) is 40.5 Å². The molecule has 0 spiro atoms. The van der Waals surface area contributed by atoms with Crippen LogP contribution in [0, 0.1) is 0 Å². The number of hydrogen-bond donors (Lipinski definition) is 2. The van der Waals surface area contributed by atoms with Crippen LogP contribution in [0.4, 0.5) is 10.5 Å². The van der Waals surface area contributed by atoms with E-state index in [0.29, 0.717) is 18.8 Å². The number of carbonyl (C=O) groups excluding carboxylic acids is 1. The van der Waals surface area contributed by atoms with Crippen LogP contribution in [0.3, 0.4) is 0 Å². The Morgan fingerprint density at radius 2 is 1.70 bits per heavy atom. The number of alkyl carbamates (subject to hydrolysis) is 1. The predicted octanol–water partition coefficient (Wildman–Crippen LogP) is 4.83. The molecule has 1 amide bonds. The molecule has 3 aromatic carbocycles. The number of nitrogen functional groups attached to an aromatic ring is 1. The normalized spacial score (nSPS) is 12.4. The molecule has 5 nitrogen and oxygen atoms in total. The maximum absolute atomic E-state index is 12.2. The largest absolute Gasteiger partial charge is 0.496 e. The lowest BCUT2D eigenvalue weighted by Gasteiger charge is -2.14. The van der Waals surface area contributed by atoms with E-state index in [4.69, 9.17) is 15.2 Å². The van der Waals surface area contributed by atoms with Crippen molar-refractivity contribution in [1.82, 2.24) is 5.32 Å². The highest BCUT2D eigenvalue weighted by Crippen LogP contribution is 2.44. The van der Waals surface area contributed by atoms with Crippen molar-refractivity contribution in [2.24, 2.45) is 0 Å². The first-order valence-electron chi connectivity index (χ1n) is 9.86. The zero-order valence-corrected chi connectivity index (χ0v) is 16.8. The number of methoxy groups -OCH3 is 1. The van der Waals surface area contributed by atoms with Gasteiger partial charge in [0.2, 0.25) is 0 Å². The van der Waals surface area contributed by atoms with Crippen LogP contribution in [-0.4, -0.2) is 26.4 Å². The van der Waals surface area contributed by atoms with Crippen LogP contribution >= 0.6 is 0 Å². The van der Waals surface area contributed by atoms with Gasteiger partial charge < -0.3 is 20.5 Å². The first-order valence-corrected chi connectivity index (χ1v) is 9.86. The Balaban J connectivity index is 1.34. The minimum atomic E-state index is -0.443. The smallest absolute Gasteiger partial charge is 0.407 e. The fourth-order valence-corrected chi connectivity index (χ4v) is 3.86. The molecule has 3 N–H and O–H groups in total. The Labute approximate surface area is 176 Å². The van der Waals surface area contributed by atoms with E-state index in [0.717, 1.165) is 11.3 Å². The standard InChI is InChI=1S/C25H24N2O3/c1-29-24-13-12-18(26)15-17(24)7-6-14-27-25(28)30-16-23-21-10-4-2-8-19(21)20-9-3-5-11-22(20)23/h2-13,15,23H,14,16,26H2,1H3,(H,27,28). The van der Waals surface area contributed by atoms with Crippen LogP contribution in [0.5, 0.6) is 5.75 Å². The molecule has 0 saturated carbocycles. The first-order chi connectivity index (χ1) is 14.7. The summed E-state index contributed by atoms with van der Waals surface area (Å²) in [5, 5.41) is 2.76. The van der Waals surface area contributed by atoms with Gasteiger partial charge in [-0.3, -0.25) is 0 Å². The lowest BCUT2D eigenvalue weighted by molar-refractivity contribution is 0.144. The predicted molar refractivity (Wildman–Crippen MR) is 120 cm³/mol. The summed E-state index contributed by atoms with van der Waals surface area (Å²) in [7, 11) is 1.61. The summed E-state index contributed by atoms with van der Waals surface area (Å²) in [6, 6.07) is 22.0. The monoisotopic (exact) mass is 400 g/mol. The van der Waals surface area contributed by atoms with Gasteiger partial charge in [0.1, 0.15) is 12.4 Å². The van der Waals surface area contributed by atoms with Gasteiger partial charge >= 0.3 is 6.09 Å². The maximum atomic E-state index is 12.2. The Morgan fingerprint density at radius 1 is 1.03 bits per heavy atom. The lowest BCUT2D eigenvalue weighted by Crippen LogP contribution is -2.26. The SMILES string of the molecule is COc1ccc(N)cc1C=CCNC(=O)OCC1c2ccccc2-c2ccccc21. The lowest BCUT2D eigenvalue weighted by atomic mass is 9.98. The van der Waals surface area contributed by atoms with Crippen molar-refractivity contribution >= 4 is 17.9 Å². The number of nitrogens with two attached hydrogens (primary N) is 1. The molecule has 3 aromatic rings. The number of ether oxygens (including phenoxy) is 2. The van der Waals surface area contributed by atoms with Gasteiger partial charge in [-0.25, -0.2) is 4.79 Å². The highest BCUT2D eigenvalue weighted by molar-refractivity contribution is 5.79. The van der Waals surface area contributed by atoms with Crippen molar-refractivity contribution in [2.75, 3.05) is 26.0 Å². The van der Waals surface area contributed by atoms with E-state index in [1.165, 1.54) is 22.3 Å². The average Bonchev–Trinajstić information content (AvgIpc) is 3.09. The van der Waals surface area contributed by atoms with Crippen molar-refractivity contribution in [3.63, 3.8) is 0 Å². The van der Waals surface area contributed by atoms with Crippen molar-refractivity contribution in [1.29, 1.82) is 0 Å². The zero-order chi connectivity index (χ0) is 20.9. The van der Waals surface area contributed by atoms with E-state index < -0.39 is 6.09 Å². The van der Waals surface area contributed by atoms with Gasteiger partial charge in [0, 0.05) is 23.7 Å². The summed E-state index contributed by atoms with van der Waals surface area (Å²) in [6.07, 6.45) is 3.25. The molecular weight excluding hydrogens is 376 g/mol. The van der Waals surface area contributed by atoms with Crippen LogP contribution in [0.15, 0.2) is 72.8 Å². The first kappa shape index (κ1) is 19.6. The van der Waals surface area contributed by atoms with Crippen LogP contribution in [0.1, 0.15) is 22.6 Å². The molecule has 0 radical (unpaired) electrons. The number of amides is 1. The van der Waals surface area contributed by atoms with E-state index in [9.17, 15) is 4.79 Å². The molecule has 0 saturated heterocycles. The molecule has 30 heavy (non-hydrogen) atoms. The number of anilines is 1. The van der Waals surface area contributed by atoms with E-state index in [1.807, 2.05) is 48.6 Å². The molecule has 152 valence electrons. The second-order valence-corrected chi connectivity index (χ2v) is 7.11. The molecule has 0 atom stereocenters. The molecule has 1 aliphatic carbocycles. The fourth-order valence-electron chi connectivity index (χ4n) is 3.86. The van der Waals surface area contributed by atoms with E-state index in [1.54, 1.807) is 13.2 Å². The quantitative estimate of drug-likeness (QED) is 0.581. The summed E-state index contributed by atoms with van der Waals surface area (Å²) in [5.41, 5.74) is 12.1. The Morgan fingerprint density at radius 3 is 2.37 bits per heavy atom. The molecular formula is C25H24N2O3. The fraction of sp³-hybridized carbons (Fsp3) is 0.160. The van der Waals surface area contributed by atoms with Crippen molar-refractivity contribution in [3.8, 4) is 16.9 Å². The number of hydrogen-bond acceptors (Lipinski definition) is 4. The molecule has 4 rings (SSSR count). The second-order valence-electron chi connectivity index (χ2n) is 7.11. The zero-order valence-electron chi connectivity index (χ0n) is 16.8. The van der Waals surface area contributed by atoms with Crippen LogP contribution < -0.4 is 15.8 Å². The van der Waals surface area contributed by atoms with Crippen molar-refractivity contribution in [2.45, 2.75) is 5.92 Å². The number of benzene rings is 3. The van der Waals surface area contributed by atoms with Crippen molar-refractivity contribution in [3.05, 3.63) is 89.5 Å². The molecule has 1 aliphatic rings. The minimum Gasteiger partial charge on any atom is -0.496 e. The summed E-state index contributed by atoms with van der Waals surface area (Å²) in [5.74, 6) is 0.775. The van der Waals surface area contributed by atoms with Gasteiger partial charge in [0.05, 0.1) is 7.11 Å². The molecule has 0 unspecified atom stereocenters. The van der Waals surface area contributed by atoms with Crippen LogP contribution in [-0.2, 0) is 4.74 Å². The van der Waals surface area contributed by atoms with Crippen LogP contribution in [0.25, 0.3) is 17.2 Å². The second kappa shape index (κ2) is 8.74. The van der Waals surface area contributed by atoms with Gasteiger partial charge in [-0.15, -0.1) is 0 Å². The maximum Gasteiger partial charge on any atom is 0.407 e. The molecule has 0 aliphatic heterocycles. The topological polar surface area (TPSA) is 73.6 Å². The van der Waals surface area contributed by atoms with Gasteiger partial charge in [-0.1, -0.05) is 60.7 Å². The molecule has 0 aromatic heterocycles. The van der Waals surface area contributed by atoms with Gasteiger partial charge in [0.15, 0.2) is 0 Å². The molecule has 0 heterocycles. The van der Waals surface area contributed by atoms with E-state index in [-0.39, 0.29) is 5.92 Å². The third kappa shape index (κ3) is 4.01. The van der Waals surface area contributed by atoms with E-state index >= 15 is 0 Å². The molecule has 5 heteroatoms. The summed E-state index contributed by atoms with van der Waals surface area (Å²) in [6.45, 7) is 0.640. The summed E-state index contributed by atoms with van der Waals surface area (Å²) in [4.78, 5) is 12.2. The number of rotatable bonds is 6. The Bertz CT molecular complexity index is 1050. The third-order valence-electron chi connectivity index (χ3n) is 5.26. The summed E-state index contributed by atoms with van der Waals surface area (Å²) < 4.78 is 10.8. The minimum absolute atomic E-state index is 0.0512. The van der Waals surface area contributed by atoms with Gasteiger partial charge in [0.25, 0.3) is 0 Å². The van der Waals surface area contributed by atoms with Crippen molar-refractivity contribution < 1.29 is 14.3 Å². The van der Waals surface area contributed by atoms with E-state index in [2.05, 4.69) is 29.6 Å². The van der Waals surface area contributed by atoms with Crippen LogP contribution in [0.2, 0.25) is 0 Å². The van der Waals surface area contributed by atoms with Gasteiger partial charge in [-0.2, -0.15) is 0 Å². The number of nitrogens with one attached hydrogen (secondary N) is 1. The summed E-state index contributed by atoms with van der Waals surface area (Å²) >= 11 is 0. The highest BCUT2D eigenvalue weighted by atomic mass is 16.5. The number of fused-ring (bicyclic) bond motifs is 3. The molecule has 0 fully saturated rings. The molecule has 0 bridgehead atoms. The number of carbonyl (C=O) groups is 1. The Hall–Kier alpha value is -3.73. The average molecular weight is 400 g/mol. The third-order valence-corrected chi connectivity index (χ3v) is 5.26.